The summed E-state index contributed by atoms with van der Waals surface area (Å²) in [5.74, 6) is 0.878. The summed E-state index contributed by atoms with van der Waals surface area (Å²) in [5, 5.41) is 6.81. The smallest absolute Gasteiger partial charge is 0.118 e. The van der Waals surface area contributed by atoms with Gasteiger partial charge in [-0.2, -0.15) is 0 Å². The summed E-state index contributed by atoms with van der Waals surface area (Å²) in [6, 6.07) is 8.34. The topological polar surface area (TPSA) is 34.1 Å². The number of nitrogens with zero attached hydrogens (tertiary/aromatic N) is 1. The largest absolute Gasteiger partial charge is 0.497 e. The Labute approximate surface area is 131 Å². The minimum atomic E-state index is 0.0887. The number of rotatable bonds is 5. The Bertz CT molecular complexity index is 569. The van der Waals surface area contributed by atoms with Crippen LogP contribution in [0, 0.1) is 0 Å². The lowest BCUT2D eigenvalue weighted by molar-refractivity contribution is 0.414. The molecule has 0 spiro atoms. The first-order valence-electron chi connectivity index (χ1n) is 7.29. The van der Waals surface area contributed by atoms with Crippen LogP contribution in [0.5, 0.6) is 5.75 Å². The van der Waals surface area contributed by atoms with E-state index in [2.05, 4.69) is 50.5 Å². The summed E-state index contributed by atoms with van der Waals surface area (Å²) >= 11 is 1.72. The normalized spacial score (nSPS) is 13.2. The fraction of sp³-hybridized carbons (Fsp3) is 0.471. The van der Waals surface area contributed by atoms with Crippen molar-refractivity contribution in [2.75, 3.05) is 13.7 Å². The van der Waals surface area contributed by atoms with Crippen LogP contribution in [0.25, 0.3) is 0 Å². The van der Waals surface area contributed by atoms with Crippen LogP contribution in [-0.2, 0) is 5.41 Å². The van der Waals surface area contributed by atoms with Crippen LogP contribution in [0.3, 0.4) is 0 Å². The zero-order chi connectivity index (χ0) is 15.5. The zero-order valence-corrected chi connectivity index (χ0v) is 14.3. The van der Waals surface area contributed by atoms with Crippen molar-refractivity contribution in [3.05, 3.63) is 45.9 Å². The van der Waals surface area contributed by atoms with Crippen molar-refractivity contribution in [1.82, 2.24) is 10.3 Å². The highest BCUT2D eigenvalue weighted by atomic mass is 32.1. The van der Waals surface area contributed by atoms with Gasteiger partial charge in [0.1, 0.15) is 10.8 Å². The highest BCUT2D eigenvalue weighted by Crippen LogP contribution is 2.30. The third-order valence-corrected chi connectivity index (χ3v) is 4.30. The molecule has 0 saturated heterocycles. The van der Waals surface area contributed by atoms with Crippen LogP contribution < -0.4 is 10.1 Å². The van der Waals surface area contributed by atoms with Crippen LogP contribution in [0.15, 0.2) is 29.6 Å². The van der Waals surface area contributed by atoms with Gasteiger partial charge in [0, 0.05) is 10.8 Å². The monoisotopic (exact) mass is 304 g/mol. The maximum atomic E-state index is 5.23. The van der Waals surface area contributed by atoms with E-state index in [9.17, 15) is 0 Å². The lowest BCUT2D eigenvalue weighted by Gasteiger charge is -2.18. The lowest BCUT2D eigenvalue weighted by atomic mass is 9.93. The highest BCUT2D eigenvalue weighted by molar-refractivity contribution is 7.09. The SMILES string of the molecule is CCNC(c1ccc(OC)cc1)c1nc(C(C)(C)C)cs1. The molecular weight excluding hydrogens is 280 g/mol. The van der Waals surface area contributed by atoms with Crippen LogP contribution in [0.4, 0.5) is 0 Å². The van der Waals surface area contributed by atoms with E-state index >= 15 is 0 Å². The van der Waals surface area contributed by atoms with Crippen molar-refractivity contribution in [3.63, 3.8) is 0 Å². The molecule has 1 atom stereocenters. The summed E-state index contributed by atoms with van der Waals surface area (Å²) in [4.78, 5) is 4.84. The van der Waals surface area contributed by atoms with Gasteiger partial charge < -0.3 is 10.1 Å². The van der Waals surface area contributed by atoms with Crippen molar-refractivity contribution >= 4 is 11.3 Å². The first kappa shape index (κ1) is 16.0. The number of benzene rings is 1. The number of ether oxygens (including phenoxy) is 1. The number of methoxy groups -OCH3 is 1. The Kier molecular flexibility index (Phi) is 5.01. The fourth-order valence-corrected chi connectivity index (χ4v) is 3.26. The Morgan fingerprint density at radius 2 is 1.90 bits per heavy atom. The van der Waals surface area contributed by atoms with E-state index in [1.807, 2.05) is 12.1 Å². The Morgan fingerprint density at radius 1 is 1.24 bits per heavy atom. The van der Waals surface area contributed by atoms with E-state index in [1.54, 1.807) is 18.4 Å². The molecule has 3 nitrogen and oxygen atoms in total. The molecule has 2 rings (SSSR count). The van der Waals surface area contributed by atoms with E-state index in [1.165, 1.54) is 5.56 Å². The highest BCUT2D eigenvalue weighted by Gasteiger charge is 2.22. The number of hydrogen-bond donors (Lipinski definition) is 1. The average molecular weight is 304 g/mol. The molecule has 1 N–H and O–H groups in total. The van der Waals surface area contributed by atoms with Gasteiger partial charge in [0.15, 0.2) is 0 Å². The molecule has 114 valence electrons. The standard InChI is InChI=1S/C17H24N2OS/c1-6-18-15(12-7-9-13(20-5)10-8-12)16-19-14(11-21-16)17(2,3)4/h7-11,15,18H,6H2,1-5H3. The molecule has 1 unspecified atom stereocenters. The van der Waals surface area contributed by atoms with Gasteiger partial charge in [-0.3, -0.25) is 0 Å². The molecule has 0 amide bonds. The van der Waals surface area contributed by atoms with Crippen LogP contribution in [0.1, 0.15) is 50.0 Å². The second-order valence-electron chi connectivity index (χ2n) is 6.08. The molecule has 0 aliphatic heterocycles. The lowest BCUT2D eigenvalue weighted by Crippen LogP contribution is -2.22. The van der Waals surface area contributed by atoms with Gasteiger partial charge in [0.2, 0.25) is 0 Å². The van der Waals surface area contributed by atoms with Crippen LogP contribution in [0.2, 0.25) is 0 Å². The Hall–Kier alpha value is -1.39. The summed E-state index contributed by atoms with van der Waals surface area (Å²) in [5.41, 5.74) is 2.46. The minimum absolute atomic E-state index is 0.0887. The van der Waals surface area contributed by atoms with Crippen molar-refractivity contribution in [2.24, 2.45) is 0 Å². The average Bonchev–Trinajstić information content (AvgIpc) is 2.94. The number of hydrogen-bond acceptors (Lipinski definition) is 4. The van der Waals surface area contributed by atoms with Gasteiger partial charge >= 0.3 is 0 Å². The van der Waals surface area contributed by atoms with Crippen LogP contribution in [-0.4, -0.2) is 18.6 Å². The molecule has 4 heteroatoms. The van der Waals surface area contributed by atoms with E-state index in [0.29, 0.717) is 0 Å². The summed E-state index contributed by atoms with van der Waals surface area (Å²) in [7, 11) is 1.69. The quantitative estimate of drug-likeness (QED) is 0.901. The van der Waals surface area contributed by atoms with E-state index < -0.39 is 0 Å². The maximum Gasteiger partial charge on any atom is 0.118 e. The second kappa shape index (κ2) is 6.58. The Morgan fingerprint density at radius 3 is 2.38 bits per heavy atom. The molecule has 0 aliphatic carbocycles. The third kappa shape index (κ3) is 3.83. The summed E-state index contributed by atoms with van der Waals surface area (Å²) in [6.07, 6.45) is 0. The molecule has 1 aromatic carbocycles. The molecule has 21 heavy (non-hydrogen) atoms. The van der Waals surface area contributed by atoms with Gasteiger partial charge in [-0.25, -0.2) is 4.98 Å². The molecule has 1 aromatic heterocycles. The van der Waals surface area contributed by atoms with Gasteiger partial charge in [-0.05, 0) is 24.2 Å². The Balaban J connectivity index is 2.31. The summed E-state index contributed by atoms with van der Waals surface area (Å²) < 4.78 is 5.23. The summed E-state index contributed by atoms with van der Waals surface area (Å²) in [6.45, 7) is 9.61. The molecule has 1 heterocycles. The van der Waals surface area contributed by atoms with Crippen LogP contribution >= 0.6 is 11.3 Å². The van der Waals surface area contributed by atoms with Gasteiger partial charge in [-0.15, -0.1) is 11.3 Å². The molecular formula is C17H24N2OS. The van der Waals surface area contributed by atoms with Gasteiger partial charge in [0.05, 0.1) is 18.8 Å². The van der Waals surface area contributed by atoms with E-state index in [-0.39, 0.29) is 11.5 Å². The first-order valence-corrected chi connectivity index (χ1v) is 8.17. The molecule has 0 bridgehead atoms. The van der Waals surface area contributed by atoms with Crippen molar-refractivity contribution in [2.45, 2.75) is 39.2 Å². The third-order valence-electron chi connectivity index (χ3n) is 3.39. The number of aromatic nitrogens is 1. The van der Waals surface area contributed by atoms with Crippen molar-refractivity contribution < 1.29 is 4.74 Å². The fourth-order valence-electron chi connectivity index (χ4n) is 2.11. The number of nitrogens with one attached hydrogen (secondary N) is 1. The predicted octanol–water partition coefficient (Wildman–Crippen LogP) is 4.15. The van der Waals surface area contributed by atoms with E-state index in [0.717, 1.165) is 23.0 Å². The van der Waals surface area contributed by atoms with Gasteiger partial charge in [0.25, 0.3) is 0 Å². The predicted molar refractivity (Wildman–Crippen MR) is 89.3 cm³/mol. The van der Waals surface area contributed by atoms with Crippen molar-refractivity contribution in [1.29, 1.82) is 0 Å². The second-order valence-corrected chi connectivity index (χ2v) is 6.97. The molecule has 0 saturated carbocycles. The zero-order valence-electron chi connectivity index (χ0n) is 13.4. The molecule has 0 radical (unpaired) electrons. The van der Waals surface area contributed by atoms with E-state index in [4.69, 9.17) is 9.72 Å². The first-order chi connectivity index (χ1) is 9.95. The minimum Gasteiger partial charge on any atom is -0.497 e. The molecule has 0 aliphatic rings. The maximum absolute atomic E-state index is 5.23. The van der Waals surface area contributed by atoms with Gasteiger partial charge in [-0.1, -0.05) is 39.8 Å². The molecule has 0 fully saturated rings. The molecule has 2 aromatic rings. The number of thiazole rings is 1. The van der Waals surface area contributed by atoms with Crippen molar-refractivity contribution in [3.8, 4) is 5.75 Å².